The molecule has 3 aliphatic rings. The summed E-state index contributed by atoms with van der Waals surface area (Å²) in [7, 11) is 0. The average molecular weight is 559 g/mol. The molecule has 216 valence electrons. The van der Waals surface area contributed by atoms with E-state index >= 15 is 0 Å². The van der Waals surface area contributed by atoms with Crippen LogP contribution in [0.5, 0.6) is 0 Å². The van der Waals surface area contributed by atoms with E-state index in [-0.39, 0.29) is 5.56 Å². The molecule has 3 amide bonds. The van der Waals surface area contributed by atoms with Gasteiger partial charge in [0.25, 0.3) is 29.2 Å². The van der Waals surface area contributed by atoms with Crippen LogP contribution in [0.2, 0.25) is 0 Å². The van der Waals surface area contributed by atoms with E-state index in [1.807, 2.05) is 32.0 Å². The number of fused-ring (bicyclic) bond motifs is 1. The van der Waals surface area contributed by atoms with Crippen molar-refractivity contribution in [2.24, 2.45) is 0 Å². The zero-order valence-electron chi connectivity index (χ0n) is 22.3. The van der Waals surface area contributed by atoms with Gasteiger partial charge in [-0.25, -0.2) is 0 Å². The van der Waals surface area contributed by atoms with Gasteiger partial charge in [-0.15, -0.1) is 0 Å². The highest BCUT2D eigenvalue weighted by molar-refractivity contribution is 6.10. The lowest BCUT2D eigenvalue weighted by Gasteiger charge is -2.50. The summed E-state index contributed by atoms with van der Waals surface area (Å²) in [5, 5.41) is 56.4. The fourth-order valence-corrected chi connectivity index (χ4v) is 4.96. The number of nitrogens with zero attached hydrogens (tertiary/aromatic N) is 2. The minimum absolute atomic E-state index is 0.0477. The topological polar surface area (TPSA) is 192 Å². The number of hydrogen-bond acceptors (Lipinski definition) is 11. The number of nitrogens with one attached hydrogen (secondary N) is 2. The van der Waals surface area contributed by atoms with Crippen LogP contribution in [0.15, 0.2) is 42.5 Å². The van der Waals surface area contributed by atoms with Gasteiger partial charge in [-0.05, 0) is 23.3 Å². The van der Waals surface area contributed by atoms with Gasteiger partial charge < -0.3 is 35.6 Å². The normalized spacial score (nSPS) is 23.7. The Labute approximate surface area is 230 Å². The standard InChI is InChI=1S/C25H28N4O9.C2H6/c30-20-17-5-2-6-19(26-12-15-3-1-4-16(11-15)13-28-7-9-38-10-8-28)18(17)14-29(20)23(33)21(31)27-22(32)24(34,35)25(23,36)37;1-2/h1-6,11,26,33-37H,7-10,12-14H2,(H,27,31,32);1-2H3. The number of rotatable bonds is 6. The maximum Gasteiger partial charge on any atom is 0.306 e. The number of aliphatic hydroxyl groups is 5. The third kappa shape index (κ3) is 4.86. The number of carbonyl (C=O) groups excluding carboxylic acids is 3. The van der Waals surface area contributed by atoms with Crippen molar-refractivity contribution in [3.05, 3.63) is 64.7 Å². The molecule has 2 fully saturated rings. The molecule has 0 aliphatic carbocycles. The second-order valence-electron chi connectivity index (χ2n) is 9.58. The van der Waals surface area contributed by atoms with Crippen molar-refractivity contribution >= 4 is 23.4 Å². The van der Waals surface area contributed by atoms with Crippen molar-refractivity contribution in [1.82, 2.24) is 15.1 Å². The molecule has 13 heteroatoms. The summed E-state index contributed by atoms with van der Waals surface area (Å²) in [6.45, 7) is 7.79. The number of morpholine rings is 1. The first kappa shape index (κ1) is 29.6. The molecule has 40 heavy (non-hydrogen) atoms. The molecule has 3 heterocycles. The van der Waals surface area contributed by atoms with Crippen LogP contribution in [-0.2, 0) is 34.0 Å². The van der Waals surface area contributed by atoms with E-state index in [1.165, 1.54) is 11.4 Å². The monoisotopic (exact) mass is 558 g/mol. The highest BCUT2D eigenvalue weighted by Gasteiger charge is 2.76. The van der Waals surface area contributed by atoms with Crippen molar-refractivity contribution in [3.8, 4) is 0 Å². The molecule has 0 aromatic heterocycles. The lowest BCUT2D eigenvalue weighted by molar-refractivity contribution is -0.407. The van der Waals surface area contributed by atoms with E-state index in [0.717, 1.165) is 30.8 Å². The quantitative estimate of drug-likeness (QED) is 0.167. The fraction of sp³-hybridized carbons (Fsp3) is 0.444. The molecule has 0 bridgehead atoms. The minimum atomic E-state index is -4.13. The van der Waals surface area contributed by atoms with Crippen LogP contribution in [0.4, 0.5) is 5.69 Å². The number of imide groups is 1. The first-order chi connectivity index (χ1) is 19.0. The number of piperidine rings is 1. The third-order valence-corrected chi connectivity index (χ3v) is 7.18. The van der Waals surface area contributed by atoms with Crippen molar-refractivity contribution < 1.29 is 44.7 Å². The Morgan fingerprint density at radius 1 is 0.925 bits per heavy atom. The molecule has 0 saturated carbocycles. The average Bonchev–Trinajstić information content (AvgIpc) is 3.29. The fourth-order valence-electron chi connectivity index (χ4n) is 4.96. The minimum Gasteiger partial charge on any atom is -0.381 e. The summed E-state index contributed by atoms with van der Waals surface area (Å²) in [6, 6.07) is 12.6. The summed E-state index contributed by atoms with van der Waals surface area (Å²) in [5.74, 6) is -12.7. The molecule has 13 nitrogen and oxygen atoms in total. The number of benzene rings is 2. The summed E-state index contributed by atoms with van der Waals surface area (Å²) in [4.78, 5) is 40.2. The molecule has 1 atom stereocenters. The molecule has 3 aliphatic heterocycles. The summed E-state index contributed by atoms with van der Waals surface area (Å²) < 4.78 is 5.39. The Kier molecular flexibility index (Phi) is 8.28. The van der Waals surface area contributed by atoms with Gasteiger partial charge in [0.05, 0.1) is 19.8 Å². The largest absolute Gasteiger partial charge is 0.381 e. The van der Waals surface area contributed by atoms with E-state index in [9.17, 15) is 39.9 Å². The van der Waals surface area contributed by atoms with E-state index in [0.29, 0.717) is 35.9 Å². The first-order valence-corrected chi connectivity index (χ1v) is 13.0. The van der Waals surface area contributed by atoms with Gasteiger partial charge >= 0.3 is 5.79 Å². The van der Waals surface area contributed by atoms with Gasteiger partial charge in [-0.2, -0.15) is 0 Å². The van der Waals surface area contributed by atoms with Gasteiger partial charge in [-0.3, -0.25) is 29.5 Å². The van der Waals surface area contributed by atoms with E-state index in [1.54, 1.807) is 12.1 Å². The van der Waals surface area contributed by atoms with Crippen LogP contribution >= 0.6 is 0 Å². The van der Waals surface area contributed by atoms with Crippen LogP contribution in [0.25, 0.3) is 0 Å². The van der Waals surface area contributed by atoms with Crippen molar-refractivity contribution in [3.63, 3.8) is 0 Å². The second kappa shape index (κ2) is 11.2. The van der Waals surface area contributed by atoms with Gasteiger partial charge in [0.1, 0.15) is 0 Å². The highest BCUT2D eigenvalue weighted by Crippen LogP contribution is 2.42. The number of carbonyl (C=O) groups is 3. The molecular weight excluding hydrogens is 524 g/mol. The number of amides is 3. The van der Waals surface area contributed by atoms with Crippen LogP contribution < -0.4 is 10.6 Å². The Morgan fingerprint density at radius 2 is 1.57 bits per heavy atom. The van der Waals surface area contributed by atoms with E-state index in [2.05, 4.69) is 16.3 Å². The predicted molar refractivity (Wildman–Crippen MR) is 140 cm³/mol. The van der Waals surface area contributed by atoms with Crippen molar-refractivity contribution in [2.75, 3.05) is 31.6 Å². The molecule has 0 spiro atoms. The Hall–Kier alpha value is -3.43. The maximum absolute atomic E-state index is 13.2. The van der Waals surface area contributed by atoms with Crippen LogP contribution in [0.3, 0.4) is 0 Å². The molecule has 0 radical (unpaired) electrons. The highest BCUT2D eigenvalue weighted by atomic mass is 16.6. The zero-order valence-corrected chi connectivity index (χ0v) is 22.3. The van der Waals surface area contributed by atoms with Gasteiger partial charge in [0.15, 0.2) is 0 Å². The van der Waals surface area contributed by atoms with Crippen molar-refractivity contribution in [2.45, 2.75) is 50.8 Å². The van der Waals surface area contributed by atoms with Crippen LogP contribution in [0.1, 0.15) is 40.9 Å². The maximum atomic E-state index is 13.2. The van der Waals surface area contributed by atoms with Gasteiger partial charge in [-0.1, -0.05) is 44.2 Å². The lowest BCUT2D eigenvalue weighted by atomic mass is 9.86. The predicted octanol–water partition coefficient (Wildman–Crippen LogP) is -1.18. The van der Waals surface area contributed by atoms with Crippen LogP contribution in [0, 0.1) is 0 Å². The summed E-state index contributed by atoms with van der Waals surface area (Å²) in [6.07, 6.45) is 0. The lowest BCUT2D eigenvalue weighted by Crippen LogP contribution is -2.85. The molecule has 1 unspecified atom stereocenters. The smallest absolute Gasteiger partial charge is 0.306 e. The Morgan fingerprint density at radius 3 is 2.27 bits per heavy atom. The number of anilines is 1. The van der Waals surface area contributed by atoms with E-state index in [4.69, 9.17) is 4.74 Å². The van der Waals surface area contributed by atoms with E-state index < -0.39 is 41.6 Å². The molecule has 2 saturated heterocycles. The van der Waals surface area contributed by atoms with Gasteiger partial charge in [0, 0.05) is 43.0 Å². The molecule has 7 N–H and O–H groups in total. The third-order valence-electron chi connectivity index (χ3n) is 7.18. The molecule has 2 aromatic carbocycles. The SMILES string of the molecule is CC.O=C1c2cccc(NCc3cccc(CN4CCOCC4)c3)c2CN1C1(O)C(=O)NC(=O)C(O)(O)C1(O)O. The Balaban J connectivity index is 0.00000181. The zero-order chi connectivity index (χ0) is 29.3. The number of ether oxygens (including phenoxy) is 1. The molecule has 2 aromatic rings. The Bertz CT molecular complexity index is 1290. The van der Waals surface area contributed by atoms with Crippen molar-refractivity contribution in [1.29, 1.82) is 0 Å². The summed E-state index contributed by atoms with van der Waals surface area (Å²) in [5.41, 5.74) is -0.638. The second-order valence-corrected chi connectivity index (χ2v) is 9.58. The molecule has 5 rings (SSSR count). The first-order valence-electron chi connectivity index (χ1n) is 13.0. The van der Waals surface area contributed by atoms with Gasteiger partial charge in [0.2, 0.25) is 0 Å². The van der Waals surface area contributed by atoms with Crippen LogP contribution in [-0.4, -0.2) is 96.7 Å². The summed E-state index contributed by atoms with van der Waals surface area (Å²) >= 11 is 0. The molecular formula is C27H34N4O9. The number of hydrogen-bond donors (Lipinski definition) is 7.